The molecule has 0 unspecified atom stereocenters. The Morgan fingerprint density at radius 1 is 0.727 bits per heavy atom. The number of aryl methyl sites for hydroxylation is 1. The Morgan fingerprint density at radius 3 is 2.00 bits per heavy atom. The second kappa shape index (κ2) is 10.8. The number of rotatable bonds is 7. The summed E-state index contributed by atoms with van der Waals surface area (Å²) in [6.07, 6.45) is 2.94. The molecule has 0 spiro atoms. The number of aromatic hydroxyl groups is 1. The summed E-state index contributed by atoms with van der Waals surface area (Å²) >= 11 is 0. The van der Waals surface area contributed by atoms with Gasteiger partial charge in [0, 0.05) is 32.6 Å². The Kier molecular flexibility index (Phi) is 7.40. The molecule has 33 heavy (non-hydrogen) atoms. The van der Waals surface area contributed by atoms with Gasteiger partial charge < -0.3 is 14.9 Å². The lowest BCUT2D eigenvalue weighted by atomic mass is 10.0. The monoisotopic (exact) mass is 442 g/mol. The first-order chi connectivity index (χ1) is 16.1. The van der Waals surface area contributed by atoms with E-state index >= 15 is 0 Å². The zero-order chi connectivity index (χ0) is 23.0. The molecular formula is C28H30N2O3. The predicted octanol–water partition coefficient (Wildman–Crippen LogP) is 4.29. The van der Waals surface area contributed by atoms with Crippen molar-refractivity contribution in [2.45, 2.75) is 25.7 Å². The molecule has 0 saturated carbocycles. The lowest BCUT2D eigenvalue weighted by Gasteiger charge is -2.35. The number of amides is 2. The first-order valence-corrected chi connectivity index (χ1v) is 11.6. The number of carbonyl (C=O) groups is 2. The zero-order valence-electron chi connectivity index (χ0n) is 18.8. The second-order valence-corrected chi connectivity index (χ2v) is 8.53. The van der Waals surface area contributed by atoms with Gasteiger partial charge in [-0.15, -0.1) is 0 Å². The van der Waals surface area contributed by atoms with E-state index in [1.807, 2.05) is 59.5 Å². The van der Waals surface area contributed by atoms with Crippen molar-refractivity contribution in [1.29, 1.82) is 0 Å². The summed E-state index contributed by atoms with van der Waals surface area (Å²) in [6.45, 7) is 2.01. The highest BCUT2D eigenvalue weighted by Gasteiger charge is 2.26. The molecule has 0 radical (unpaired) electrons. The van der Waals surface area contributed by atoms with Crippen LogP contribution in [0.4, 0.5) is 0 Å². The van der Waals surface area contributed by atoms with E-state index in [1.54, 1.807) is 17.0 Å². The van der Waals surface area contributed by atoms with Crippen LogP contribution in [0.1, 0.15) is 39.9 Å². The third-order valence-corrected chi connectivity index (χ3v) is 6.16. The molecule has 0 aliphatic carbocycles. The minimum atomic E-state index is -0.182. The average molecular weight is 443 g/mol. The smallest absolute Gasteiger partial charge is 0.257 e. The maximum Gasteiger partial charge on any atom is 0.257 e. The maximum absolute atomic E-state index is 13.1. The molecule has 1 fully saturated rings. The first kappa shape index (κ1) is 22.6. The van der Waals surface area contributed by atoms with E-state index < -0.39 is 0 Å². The third-order valence-electron chi connectivity index (χ3n) is 6.16. The molecule has 1 saturated heterocycles. The molecule has 1 heterocycles. The van der Waals surface area contributed by atoms with Crippen LogP contribution in [-0.2, 0) is 17.6 Å². The maximum atomic E-state index is 13.1. The molecule has 5 nitrogen and oxygen atoms in total. The molecule has 2 amide bonds. The van der Waals surface area contributed by atoms with E-state index in [1.165, 1.54) is 5.56 Å². The molecule has 0 atom stereocenters. The zero-order valence-corrected chi connectivity index (χ0v) is 18.8. The van der Waals surface area contributed by atoms with E-state index in [4.69, 9.17) is 0 Å². The molecular weight excluding hydrogens is 412 g/mol. The summed E-state index contributed by atoms with van der Waals surface area (Å²) in [4.78, 5) is 29.3. The number of hydrogen-bond acceptors (Lipinski definition) is 3. The lowest BCUT2D eigenvalue weighted by Crippen LogP contribution is -2.50. The number of phenolic OH excluding ortho intramolecular Hbond substituents is 1. The van der Waals surface area contributed by atoms with E-state index in [9.17, 15) is 14.7 Å². The molecule has 1 N–H and O–H groups in total. The van der Waals surface area contributed by atoms with Crippen LogP contribution >= 0.6 is 0 Å². The molecule has 3 aromatic rings. The fraction of sp³-hybridized carbons (Fsp3) is 0.286. The normalized spacial score (nSPS) is 13.7. The largest absolute Gasteiger partial charge is 0.507 e. The molecule has 1 aliphatic heterocycles. The van der Waals surface area contributed by atoms with Crippen LogP contribution in [0.25, 0.3) is 0 Å². The van der Waals surface area contributed by atoms with Gasteiger partial charge in [0.15, 0.2) is 0 Å². The van der Waals surface area contributed by atoms with Gasteiger partial charge in [0.25, 0.3) is 5.91 Å². The SMILES string of the molecule is O=C(CCCc1ccccc1)N1CCN(C(=O)c2cc(Cc3ccccc3)ccc2O)CC1. The molecule has 1 aliphatic rings. The van der Waals surface area contributed by atoms with Gasteiger partial charge in [-0.25, -0.2) is 0 Å². The van der Waals surface area contributed by atoms with Crippen LogP contribution in [0.3, 0.4) is 0 Å². The highest BCUT2D eigenvalue weighted by atomic mass is 16.3. The highest BCUT2D eigenvalue weighted by Crippen LogP contribution is 2.23. The van der Waals surface area contributed by atoms with Crippen LogP contribution in [0.5, 0.6) is 5.75 Å². The Morgan fingerprint density at radius 2 is 1.33 bits per heavy atom. The van der Waals surface area contributed by atoms with Gasteiger partial charge in [-0.05, 0) is 48.1 Å². The van der Waals surface area contributed by atoms with Crippen molar-refractivity contribution >= 4 is 11.8 Å². The quantitative estimate of drug-likeness (QED) is 0.594. The van der Waals surface area contributed by atoms with E-state index in [2.05, 4.69) is 12.1 Å². The van der Waals surface area contributed by atoms with Crippen molar-refractivity contribution in [3.63, 3.8) is 0 Å². The van der Waals surface area contributed by atoms with Crippen LogP contribution in [0.15, 0.2) is 78.9 Å². The van der Waals surface area contributed by atoms with E-state index in [-0.39, 0.29) is 17.6 Å². The Balaban J connectivity index is 1.30. The highest BCUT2D eigenvalue weighted by molar-refractivity contribution is 5.97. The van der Waals surface area contributed by atoms with Crippen molar-refractivity contribution in [3.8, 4) is 5.75 Å². The molecule has 5 heteroatoms. The molecule has 0 bridgehead atoms. The first-order valence-electron chi connectivity index (χ1n) is 11.6. The van der Waals surface area contributed by atoms with Crippen molar-refractivity contribution in [2.75, 3.05) is 26.2 Å². The van der Waals surface area contributed by atoms with Crippen molar-refractivity contribution in [1.82, 2.24) is 9.80 Å². The van der Waals surface area contributed by atoms with Gasteiger partial charge in [-0.1, -0.05) is 66.7 Å². The number of carbonyl (C=O) groups excluding carboxylic acids is 2. The summed E-state index contributed by atoms with van der Waals surface area (Å²) in [5, 5.41) is 10.3. The number of piperazine rings is 1. The molecule has 170 valence electrons. The standard InChI is InChI=1S/C28H30N2O3/c31-26-15-14-24(20-23-10-5-2-6-11-23)21-25(26)28(33)30-18-16-29(17-19-30)27(32)13-7-12-22-8-3-1-4-9-22/h1-6,8-11,14-15,21,31H,7,12-13,16-20H2. The average Bonchev–Trinajstić information content (AvgIpc) is 2.86. The lowest BCUT2D eigenvalue weighted by molar-refractivity contribution is -0.132. The summed E-state index contributed by atoms with van der Waals surface area (Å²) in [7, 11) is 0. The van der Waals surface area contributed by atoms with Crippen LogP contribution in [0.2, 0.25) is 0 Å². The Bertz CT molecular complexity index is 1070. The van der Waals surface area contributed by atoms with Crippen LogP contribution < -0.4 is 0 Å². The van der Waals surface area contributed by atoms with Gasteiger partial charge in [0.05, 0.1) is 5.56 Å². The van der Waals surface area contributed by atoms with Crippen molar-refractivity contribution in [2.24, 2.45) is 0 Å². The van der Waals surface area contributed by atoms with E-state index in [0.717, 1.165) is 24.0 Å². The summed E-state index contributed by atoms with van der Waals surface area (Å²) < 4.78 is 0. The van der Waals surface area contributed by atoms with Crippen molar-refractivity contribution < 1.29 is 14.7 Å². The minimum Gasteiger partial charge on any atom is -0.507 e. The van der Waals surface area contributed by atoms with Crippen LogP contribution in [0, 0.1) is 0 Å². The van der Waals surface area contributed by atoms with Gasteiger partial charge in [-0.2, -0.15) is 0 Å². The molecule has 4 rings (SSSR count). The van der Waals surface area contributed by atoms with Crippen molar-refractivity contribution in [3.05, 3.63) is 101 Å². The fourth-order valence-electron chi connectivity index (χ4n) is 4.27. The predicted molar refractivity (Wildman–Crippen MR) is 129 cm³/mol. The summed E-state index contributed by atoms with van der Waals surface area (Å²) in [5.74, 6) is -0.0412. The summed E-state index contributed by atoms with van der Waals surface area (Å²) in [5.41, 5.74) is 3.71. The molecule has 3 aromatic carbocycles. The summed E-state index contributed by atoms with van der Waals surface area (Å²) in [6, 6.07) is 25.5. The van der Waals surface area contributed by atoms with Crippen LogP contribution in [-0.4, -0.2) is 52.9 Å². The Labute approximate surface area is 195 Å². The van der Waals surface area contributed by atoms with Gasteiger partial charge in [0.2, 0.25) is 5.91 Å². The number of phenols is 1. The molecule has 0 aromatic heterocycles. The number of nitrogens with zero attached hydrogens (tertiary/aromatic N) is 2. The second-order valence-electron chi connectivity index (χ2n) is 8.53. The number of hydrogen-bond donors (Lipinski definition) is 1. The third kappa shape index (κ3) is 6.01. The van der Waals surface area contributed by atoms with Gasteiger partial charge in [-0.3, -0.25) is 9.59 Å². The number of benzene rings is 3. The fourth-order valence-corrected chi connectivity index (χ4v) is 4.27. The van der Waals surface area contributed by atoms with E-state index in [0.29, 0.717) is 44.6 Å². The van der Waals surface area contributed by atoms with Gasteiger partial charge >= 0.3 is 0 Å². The Hall–Kier alpha value is -3.60. The minimum absolute atomic E-state index is 0.00349. The van der Waals surface area contributed by atoms with Gasteiger partial charge in [0.1, 0.15) is 5.75 Å². The topological polar surface area (TPSA) is 60.9 Å².